The summed E-state index contributed by atoms with van der Waals surface area (Å²) in [6, 6.07) is 17.2. The Bertz CT molecular complexity index is 637. The molecule has 96 valence electrons. The summed E-state index contributed by atoms with van der Waals surface area (Å²) < 4.78 is 0. The zero-order valence-electron chi connectivity index (χ0n) is 11.0. The maximum Gasteiger partial charge on any atom is 0.0675 e. The van der Waals surface area contributed by atoms with Crippen LogP contribution in [0.1, 0.15) is 47.2 Å². The van der Waals surface area contributed by atoms with Gasteiger partial charge in [0.25, 0.3) is 0 Å². The van der Waals surface area contributed by atoms with Crippen LogP contribution in [0.25, 0.3) is 0 Å². The highest BCUT2D eigenvalue weighted by Gasteiger charge is 2.43. The van der Waals surface area contributed by atoms with Crippen LogP contribution in [0.2, 0.25) is 0 Å². The van der Waals surface area contributed by atoms with Crippen molar-refractivity contribution in [2.24, 2.45) is 0 Å². The van der Waals surface area contributed by atoms with E-state index in [9.17, 15) is 5.21 Å². The second-order valence-corrected chi connectivity index (χ2v) is 5.66. The summed E-state index contributed by atoms with van der Waals surface area (Å²) in [5.41, 5.74) is 5.33. The monoisotopic (exact) mass is 251 g/mol. The first-order chi connectivity index (χ1) is 9.27. The van der Waals surface area contributed by atoms with Gasteiger partial charge in [-0.1, -0.05) is 55.5 Å². The highest BCUT2D eigenvalue weighted by molar-refractivity contribution is 5.45. The maximum absolute atomic E-state index is 10.6. The highest BCUT2D eigenvalue weighted by atomic mass is 16.5. The number of hydrogen-bond donors (Lipinski definition) is 1. The van der Waals surface area contributed by atoms with Crippen LogP contribution in [0.3, 0.4) is 0 Å². The zero-order valence-corrected chi connectivity index (χ0v) is 11.0. The third kappa shape index (κ3) is 1.44. The fourth-order valence-electron chi connectivity index (χ4n) is 3.81. The van der Waals surface area contributed by atoms with E-state index >= 15 is 0 Å². The molecule has 4 rings (SSSR count). The van der Waals surface area contributed by atoms with Gasteiger partial charge in [0, 0.05) is 5.92 Å². The summed E-state index contributed by atoms with van der Waals surface area (Å²) in [7, 11) is 0. The summed E-state index contributed by atoms with van der Waals surface area (Å²) in [6.07, 6.45) is 0.893. The van der Waals surface area contributed by atoms with Crippen molar-refractivity contribution in [3.05, 3.63) is 70.8 Å². The molecule has 2 aromatic rings. The van der Waals surface area contributed by atoms with Gasteiger partial charge in [0.05, 0.1) is 12.1 Å². The molecule has 2 aromatic carbocycles. The second-order valence-electron chi connectivity index (χ2n) is 5.66. The average molecular weight is 251 g/mol. The van der Waals surface area contributed by atoms with E-state index in [2.05, 4.69) is 55.5 Å². The van der Waals surface area contributed by atoms with Crippen molar-refractivity contribution in [3.63, 3.8) is 0 Å². The van der Waals surface area contributed by atoms with Crippen LogP contribution in [0, 0.1) is 0 Å². The molecule has 0 aliphatic carbocycles. The van der Waals surface area contributed by atoms with E-state index in [1.165, 1.54) is 22.3 Å². The van der Waals surface area contributed by atoms with E-state index < -0.39 is 0 Å². The Morgan fingerprint density at radius 3 is 2.37 bits per heavy atom. The molecule has 2 heteroatoms. The average Bonchev–Trinajstić information content (AvgIpc) is 2.65. The molecule has 0 amide bonds. The van der Waals surface area contributed by atoms with Gasteiger partial charge in [0.15, 0.2) is 0 Å². The third-order valence-electron chi connectivity index (χ3n) is 4.71. The molecule has 0 saturated heterocycles. The van der Waals surface area contributed by atoms with Crippen molar-refractivity contribution in [1.82, 2.24) is 5.06 Å². The van der Waals surface area contributed by atoms with Crippen molar-refractivity contribution in [3.8, 4) is 0 Å². The number of hydrogen-bond acceptors (Lipinski definition) is 2. The SMILES string of the molecule is CC1c2ccccc2CC2c3ccccc3C1N2O. The van der Waals surface area contributed by atoms with Gasteiger partial charge in [-0.2, -0.15) is 5.06 Å². The molecule has 3 unspecified atom stereocenters. The minimum atomic E-state index is 0.0878. The Morgan fingerprint density at radius 1 is 0.947 bits per heavy atom. The molecule has 19 heavy (non-hydrogen) atoms. The molecule has 2 heterocycles. The van der Waals surface area contributed by atoms with Crippen molar-refractivity contribution in [1.29, 1.82) is 0 Å². The Morgan fingerprint density at radius 2 is 1.58 bits per heavy atom. The summed E-state index contributed by atoms with van der Waals surface area (Å²) in [4.78, 5) is 0. The first-order valence-electron chi connectivity index (χ1n) is 6.91. The van der Waals surface area contributed by atoms with E-state index in [1.807, 2.05) is 0 Å². The van der Waals surface area contributed by atoms with Crippen molar-refractivity contribution in [2.75, 3.05) is 0 Å². The maximum atomic E-state index is 10.6. The van der Waals surface area contributed by atoms with Crippen LogP contribution < -0.4 is 0 Å². The van der Waals surface area contributed by atoms with Gasteiger partial charge in [-0.15, -0.1) is 0 Å². The largest absolute Gasteiger partial charge is 0.313 e. The molecule has 0 saturated carbocycles. The minimum Gasteiger partial charge on any atom is -0.313 e. The fraction of sp³-hybridized carbons (Fsp3) is 0.294. The van der Waals surface area contributed by atoms with Crippen LogP contribution in [0.4, 0.5) is 0 Å². The lowest BCUT2D eigenvalue weighted by atomic mass is 9.83. The zero-order chi connectivity index (χ0) is 13.0. The van der Waals surface area contributed by atoms with Gasteiger partial charge < -0.3 is 5.21 Å². The van der Waals surface area contributed by atoms with Crippen LogP contribution in [0.5, 0.6) is 0 Å². The fourth-order valence-corrected chi connectivity index (χ4v) is 3.81. The summed E-state index contributed by atoms with van der Waals surface area (Å²) in [5.74, 6) is 0.315. The lowest BCUT2D eigenvalue weighted by Gasteiger charge is -2.25. The molecule has 3 atom stereocenters. The van der Waals surface area contributed by atoms with Crippen LogP contribution >= 0.6 is 0 Å². The number of rotatable bonds is 0. The lowest BCUT2D eigenvalue weighted by molar-refractivity contribution is -0.154. The minimum absolute atomic E-state index is 0.0878. The van der Waals surface area contributed by atoms with E-state index in [-0.39, 0.29) is 12.1 Å². The van der Waals surface area contributed by atoms with Crippen molar-refractivity contribution in [2.45, 2.75) is 31.3 Å². The molecule has 2 bridgehead atoms. The quantitative estimate of drug-likeness (QED) is 0.769. The number of hydroxylamine groups is 2. The standard InChI is InChI=1S/C17H17NO/c1-11-13-7-3-2-6-12(13)10-16-14-8-4-5-9-15(14)17(11)18(16)19/h2-9,11,16-17,19H,10H2,1H3. The summed E-state index contributed by atoms with van der Waals surface area (Å²) in [6.45, 7) is 2.22. The molecule has 0 fully saturated rings. The van der Waals surface area contributed by atoms with Crippen LogP contribution in [0.15, 0.2) is 48.5 Å². The Labute approximate surface area is 113 Å². The number of nitrogens with zero attached hydrogens (tertiary/aromatic N) is 1. The van der Waals surface area contributed by atoms with Gasteiger partial charge in [-0.3, -0.25) is 0 Å². The van der Waals surface area contributed by atoms with Gasteiger partial charge in [0.1, 0.15) is 0 Å². The highest BCUT2D eigenvalue weighted by Crippen LogP contribution is 2.51. The van der Waals surface area contributed by atoms with Gasteiger partial charge >= 0.3 is 0 Å². The van der Waals surface area contributed by atoms with Crippen LogP contribution in [-0.2, 0) is 6.42 Å². The van der Waals surface area contributed by atoms with E-state index in [0.29, 0.717) is 5.92 Å². The molecule has 2 aliphatic heterocycles. The predicted octanol–water partition coefficient (Wildman–Crippen LogP) is 3.83. The van der Waals surface area contributed by atoms with Gasteiger partial charge in [-0.25, -0.2) is 0 Å². The van der Waals surface area contributed by atoms with E-state index in [4.69, 9.17) is 0 Å². The van der Waals surface area contributed by atoms with Crippen molar-refractivity contribution >= 4 is 0 Å². The van der Waals surface area contributed by atoms with E-state index in [0.717, 1.165) is 6.42 Å². The molecule has 0 aromatic heterocycles. The topological polar surface area (TPSA) is 23.5 Å². The molecule has 0 radical (unpaired) electrons. The van der Waals surface area contributed by atoms with Gasteiger partial charge in [-0.05, 0) is 28.7 Å². The summed E-state index contributed by atoms with van der Waals surface area (Å²) in [5, 5.41) is 12.2. The molecule has 2 aliphatic rings. The Balaban J connectivity index is 1.94. The number of benzene rings is 2. The Hall–Kier alpha value is -1.64. The third-order valence-corrected chi connectivity index (χ3v) is 4.71. The van der Waals surface area contributed by atoms with Crippen LogP contribution in [-0.4, -0.2) is 10.3 Å². The molecule has 0 spiro atoms. The number of fused-ring (bicyclic) bond motifs is 6. The van der Waals surface area contributed by atoms with Crippen molar-refractivity contribution < 1.29 is 5.21 Å². The normalized spacial score (nSPS) is 28.6. The molecular formula is C17H17NO. The Kier molecular flexibility index (Phi) is 2.32. The first kappa shape index (κ1) is 11.2. The second kappa shape index (κ2) is 3.92. The smallest absolute Gasteiger partial charge is 0.0675 e. The van der Waals surface area contributed by atoms with E-state index in [1.54, 1.807) is 5.06 Å². The predicted molar refractivity (Wildman–Crippen MR) is 74.1 cm³/mol. The molecule has 2 nitrogen and oxygen atoms in total. The lowest BCUT2D eigenvalue weighted by Crippen LogP contribution is -2.24. The molecular weight excluding hydrogens is 234 g/mol. The first-order valence-corrected chi connectivity index (χ1v) is 6.91. The molecule has 1 N–H and O–H groups in total. The van der Waals surface area contributed by atoms with Gasteiger partial charge in [0.2, 0.25) is 0 Å². The summed E-state index contributed by atoms with van der Waals surface area (Å²) >= 11 is 0.